The quantitative estimate of drug-likeness (QED) is 0.860. The number of thiophene rings is 1. The number of benzene rings is 1. The molecule has 1 aromatic carbocycles. The van der Waals surface area contributed by atoms with E-state index in [-0.39, 0.29) is 0 Å². The van der Waals surface area contributed by atoms with Crippen molar-refractivity contribution in [2.24, 2.45) is 4.99 Å². The van der Waals surface area contributed by atoms with Gasteiger partial charge in [0.25, 0.3) is 10.0 Å². The third-order valence-electron chi connectivity index (χ3n) is 3.22. The number of anilines is 1. The molecule has 6 nitrogen and oxygen atoms in total. The van der Waals surface area contributed by atoms with Gasteiger partial charge in [0.05, 0.1) is 18.2 Å². The molecular formula is C14H15N3O3S2. The third kappa shape index (κ3) is 2.55. The van der Waals surface area contributed by atoms with E-state index in [2.05, 4.69) is 4.99 Å². The first-order chi connectivity index (χ1) is 10.5. The van der Waals surface area contributed by atoms with Gasteiger partial charge in [0, 0.05) is 0 Å². The molecule has 0 spiro atoms. The number of rotatable bonds is 4. The molecule has 0 bridgehead atoms. The number of para-hydroxylation sites is 2. The summed E-state index contributed by atoms with van der Waals surface area (Å²) in [5.74, 6) is 0.586. The molecule has 0 saturated heterocycles. The van der Waals surface area contributed by atoms with Crippen LogP contribution in [0.3, 0.4) is 0 Å². The molecule has 8 heteroatoms. The number of nitrogens with zero attached hydrogens (tertiary/aromatic N) is 3. The van der Waals surface area contributed by atoms with E-state index >= 15 is 0 Å². The maximum Gasteiger partial charge on any atom is 0.250 e. The van der Waals surface area contributed by atoms with E-state index in [9.17, 15) is 8.42 Å². The van der Waals surface area contributed by atoms with Crippen LogP contribution in [0.15, 0.2) is 46.8 Å². The molecule has 2 aromatic rings. The zero-order chi connectivity index (χ0) is 15.7. The Morgan fingerprint density at radius 3 is 2.64 bits per heavy atom. The largest absolute Gasteiger partial charge is 0.495 e. The lowest BCUT2D eigenvalue weighted by atomic mass is 10.2. The summed E-state index contributed by atoms with van der Waals surface area (Å²) in [6.45, 7) is 0. The van der Waals surface area contributed by atoms with Gasteiger partial charge in [-0.15, -0.1) is 11.3 Å². The molecule has 0 amide bonds. The van der Waals surface area contributed by atoms with Crippen LogP contribution in [0.5, 0.6) is 5.75 Å². The summed E-state index contributed by atoms with van der Waals surface area (Å²) in [6.07, 6.45) is 2.07. The molecule has 0 saturated carbocycles. The fourth-order valence-corrected chi connectivity index (χ4v) is 3.76. The van der Waals surface area contributed by atoms with Crippen molar-refractivity contribution in [3.63, 3.8) is 0 Å². The van der Waals surface area contributed by atoms with Crippen molar-refractivity contribution in [2.45, 2.75) is 6.17 Å². The highest BCUT2D eigenvalue weighted by atomic mass is 32.2. The lowest BCUT2D eigenvalue weighted by molar-refractivity contribution is 0.407. The average molecular weight is 337 g/mol. The van der Waals surface area contributed by atoms with Crippen LogP contribution in [0.1, 0.15) is 11.0 Å². The van der Waals surface area contributed by atoms with E-state index in [0.29, 0.717) is 11.4 Å². The Morgan fingerprint density at radius 2 is 2.00 bits per heavy atom. The minimum atomic E-state index is -3.49. The molecule has 3 rings (SSSR count). The van der Waals surface area contributed by atoms with Crippen molar-refractivity contribution in [1.82, 2.24) is 4.41 Å². The summed E-state index contributed by atoms with van der Waals surface area (Å²) in [5.41, 5.74) is 0.645. The van der Waals surface area contributed by atoms with Gasteiger partial charge in [0.15, 0.2) is 6.17 Å². The van der Waals surface area contributed by atoms with Gasteiger partial charge in [0.2, 0.25) is 0 Å². The summed E-state index contributed by atoms with van der Waals surface area (Å²) >= 11 is 1.53. The molecular weight excluding hydrogens is 322 g/mol. The third-order valence-corrected chi connectivity index (χ3v) is 5.08. The summed E-state index contributed by atoms with van der Waals surface area (Å²) < 4.78 is 30.7. The molecule has 0 aliphatic carbocycles. The maximum atomic E-state index is 12.1. The standard InChI is InChI=1S/C14H15N3O3S2/c1-20-12-7-4-3-6-11(12)17-14(13-8-5-9-21-13)15-10-16(17)22(2,18)19/h3-10,14H,1-2H3. The summed E-state index contributed by atoms with van der Waals surface area (Å²) in [5, 5.41) is 3.56. The first kappa shape index (κ1) is 14.9. The lowest BCUT2D eigenvalue weighted by Gasteiger charge is -2.32. The van der Waals surface area contributed by atoms with Gasteiger partial charge in [-0.2, -0.15) is 4.41 Å². The van der Waals surface area contributed by atoms with E-state index in [1.807, 2.05) is 35.7 Å². The second-order valence-electron chi connectivity index (χ2n) is 4.71. The topological polar surface area (TPSA) is 62.2 Å². The molecule has 0 radical (unpaired) electrons. The predicted octanol–water partition coefficient (Wildman–Crippen LogP) is 2.48. The van der Waals surface area contributed by atoms with Crippen molar-refractivity contribution in [3.05, 3.63) is 46.7 Å². The fourth-order valence-electron chi connectivity index (χ4n) is 2.28. The Labute approximate surface area is 133 Å². The number of methoxy groups -OCH3 is 1. The molecule has 1 atom stereocenters. The zero-order valence-electron chi connectivity index (χ0n) is 12.1. The van der Waals surface area contributed by atoms with Crippen LogP contribution in [0.25, 0.3) is 0 Å². The Kier molecular flexibility index (Phi) is 3.79. The van der Waals surface area contributed by atoms with Gasteiger partial charge in [-0.1, -0.05) is 18.2 Å². The van der Waals surface area contributed by atoms with Crippen LogP contribution >= 0.6 is 11.3 Å². The summed E-state index contributed by atoms with van der Waals surface area (Å²) in [6, 6.07) is 11.1. The number of ether oxygens (including phenoxy) is 1. The summed E-state index contributed by atoms with van der Waals surface area (Å²) in [7, 11) is -1.93. The van der Waals surface area contributed by atoms with Gasteiger partial charge >= 0.3 is 0 Å². The maximum absolute atomic E-state index is 12.1. The Balaban J connectivity index is 2.12. The first-order valence-corrected chi connectivity index (χ1v) is 9.23. The predicted molar refractivity (Wildman–Crippen MR) is 87.7 cm³/mol. The Hall–Kier alpha value is -2.06. The van der Waals surface area contributed by atoms with Crippen LogP contribution in [-0.2, 0) is 10.0 Å². The second kappa shape index (κ2) is 5.62. The molecule has 1 unspecified atom stereocenters. The zero-order valence-corrected chi connectivity index (χ0v) is 13.7. The van der Waals surface area contributed by atoms with Crippen molar-refractivity contribution in [2.75, 3.05) is 18.4 Å². The number of sulfonamides is 1. The molecule has 1 aromatic heterocycles. The SMILES string of the molecule is COc1ccccc1N1C(c2cccs2)N=CN1S(C)(=O)=O. The van der Waals surface area contributed by atoms with Crippen molar-refractivity contribution in [3.8, 4) is 5.75 Å². The van der Waals surface area contributed by atoms with Crippen molar-refractivity contribution in [1.29, 1.82) is 0 Å². The normalized spacial score (nSPS) is 18.0. The van der Waals surface area contributed by atoms with Crippen molar-refractivity contribution >= 4 is 33.4 Å². The molecule has 22 heavy (non-hydrogen) atoms. The molecule has 0 fully saturated rings. The van der Waals surface area contributed by atoms with Gasteiger partial charge in [-0.3, -0.25) is 0 Å². The number of hydrogen-bond donors (Lipinski definition) is 0. The molecule has 1 aliphatic rings. The smallest absolute Gasteiger partial charge is 0.250 e. The van der Waals surface area contributed by atoms with Crippen LogP contribution < -0.4 is 9.75 Å². The molecule has 1 aliphatic heterocycles. The van der Waals surface area contributed by atoms with Gasteiger partial charge < -0.3 is 4.74 Å². The minimum absolute atomic E-state index is 0.425. The van der Waals surface area contributed by atoms with Crippen molar-refractivity contribution < 1.29 is 13.2 Å². The van der Waals surface area contributed by atoms with Gasteiger partial charge in [0.1, 0.15) is 17.8 Å². The first-order valence-electron chi connectivity index (χ1n) is 6.50. The van der Waals surface area contributed by atoms with Crippen LogP contribution in [0.4, 0.5) is 5.69 Å². The highest BCUT2D eigenvalue weighted by Gasteiger charge is 2.36. The van der Waals surface area contributed by atoms with E-state index in [1.54, 1.807) is 18.2 Å². The van der Waals surface area contributed by atoms with Gasteiger partial charge in [-0.25, -0.2) is 18.4 Å². The number of hydrogen-bond acceptors (Lipinski definition) is 6. The van der Waals surface area contributed by atoms with Gasteiger partial charge in [-0.05, 0) is 23.6 Å². The Bertz CT molecular complexity index is 787. The van der Waals surface area contributed by atoms with Crippen LogP contribution in [0.2, 0.25) is 0 Å². The lowest BCUT2D eigenvalue weighted by Crippen LogP contribution is -2.42. The molecule has 2 heterocycles. The molecule has 116 valence electrons. The Morgan fingerprint density at radius 1 is 1.23 bits per heavy atom. The van der Waals surface area contributed by atoms with Crippen LogP contribution in [0, 0.1) is 0 Å². The minimum Gasteiger partial charge on any atom is -0.495 e. The number of hydrazine groups is 1. The van der Waals surface area contributed by atoms with E-state index < -0.39 is 16.2 Å². The number of aliphatic imine (C=N–C) groups is 1. The van der Waals surface area contributed by atoms with E-state index in [1.165, 1.54) is 17.7 Å². The van der Waals surface area contributed by atoms with E-state index in [0.717, 1.165) is 15.5 Å². The highest BCUT2D eigenvalue weighted by molar-refractivity contribution is 7.88. The second-order valence-corrected chi connectivity index (χ2v) is 7.53. The van der Waals surface area contributed by atoms with E-state index in [4.69, 9.17) is 4.74 Å². The highest BCUT2D eigenvalue weighted by Crippen LogP contribution is 2.40. The fraction of sp³-hybridized carbons (Fsp3) is 0.214. The summed E-state index contributed by atoms with van der Waals surface area (Å²) in [4.78, 5) is 5.31. The average Bonchev–Trinajstić information content (AvgIpc) is 3.15. The monoisotopic (exact) mass is 337 g/mol. The van der Waals surface area contributed by atoms with Crippen LogP contribution in [-0.4, -0.2) is 32.5 Å². The molecule has 0 N–H and O–H groups in total.